The summed E-state index contributed by atoms with van der Waals surface area (Å²) in [7, 11) is 3.25. The van der Waals surface area contributed by atoms with E-state index in [0.29, 0.717) is 18.7 Å². The van der Waals surface area contributed by atoms with Gasteiger partial charge >= 0.3 is 6.03 Å². The smallest absolute Gasteiger partial charge is 0.312 e. The van der Waals surface area contributed by atoms with E-state index in [1.165, 1.54) is 0 Å². The lowest BCUT2D eigenvalue weighted by Crippen LogP contribution is -2.31. The summed E-state index contributed by atoms with van der Waals surface area (Å²) in [5.74, 6) is 1.46. The highest BCUT2D eigenvalue weighted by atomic mass is 16.5. The van der Waals surface area contributed by atoms with E-state index >= 15 is 0 Å². The second kappa shape index (κ2) is 8.65. The van der Waals surface area contributed by atoms with Crippen LogP contribution in [0.25, 0.3) is 0 Å². The Hall–Kier alpha value is -3.22. The standard InChI is InChI=1S/C21H25N3O4/c1-27-16-9-10-19(28-2)17(12-16)18-4-3-11-24(18)20(25)15-7-5-14(6-8-15)13-23-21(22)26/h5-10,12,18H,3-4,11,13H2,1-2H3,(H3,22,23,26)/t18-/m1/s1. The summed E-state index contributed by atoms with van der Waals surface area (Å²) in [5, 5.41) is 2.54. The maximum atomic E-state index is 13.1. The van der Waals surface area contributed by atoms with E-state index in [1.54, 1.807) is 26.4 Å². The van der Waals surface area contributed by atoms with Gasteiger partial charge in [0.05, 0.1) is 20.3 Å². The third-order valence-corrected chi connectivity index (χ3v) is 4.98. The van der Waals surface area contributed by atoms with E-state index < -0.39 is 6.03 Å². The topological polar surface area (TPSA) is 93.9 Å². The van der Waals surface area contributed by atoms with E-state index in [-0.39, 0.29) is 11.9 Å². The third kappa shape index (κ3) is 4.19. The highest BCUT2D eigenvalue weighted by Crippen LogP contribution is 2.39. The minimum Gasteiger partial charge on any atom is -0.497 e. The summed E-state index contributed by atoms with van der Waals surface area (Å²) in [6, 6.07) is 12.2. The van der Waals surface area contributed by atoms with Gasteiger partial charge in [-0.25, -0.2) is 4.79 Å². The minimum absolute atomic E-state index is 0.0261. The van der Waals surface area contributed by atoms with Gasteiger partial charge in [0.25, 0.3) is 5.91 Å². The van der Waals surface area contributed by atoms with Crippen molar-refractivity contribution >= 4 is 11.9 Å². The van der Waals surface area contributed by atoms with Crippen molar-refractivity contribution in [2.45, 2.75) is 25.4 Å². The number of hydrogen-bond acceptors (Lipinski definition) is 4. The van der Waals surface area contributed by atoms with E-state index in [0.717, 1.165) is 35.5 Å². The van der Waals surface area contributed by atoms with Crippen molar-refractivity contribution in [3.05, 3.63) is 59.2 Å². The van der Waals surface area contributed by atoms with E-state index in [2.05, 4.69) is 5.32 Å². The number of nitrogens with two attached hydrogens (primary N) is 1. The van der Waals surface area contributed by atoms with E-state index in [4.69, 9.17) is 15.2 Å². The van der Waals surface area contributed by atoms with Gasteiger partial charge in [0.2, 0.25) is 0 Å². The molecule has 0 aliphatic carbocycles. The molecule has 0 bridgehead atoms. The van der Waals surface area contributed by atoms with E-state index in [9.17, 15) is 9.59 Å². The van der Waals surface area contributed by atoms with Crippen LogP contribution in [0.1, 0.15) is 40.4 Å². The second-order valence-electron chi connectivity index (χ2n) is 6.68. The van der Waals surface area contributed by atoms with Crippen LogP contribution >= 0.6 is 0 Å². The molecule has 1 fully saturated rings. The molecule has 1 saturated heterocycles. The zero-order valence-corrected chi connectivity index (χ0v) is 16.1. The van der Waals surface area contributed by atoms with Crippen LogP contribution in [0.3, 0.4) is 0 Å². The molecular weight excluding hydrogens is 358 g/mol. The fourth-order valence-electron chi connectivity index (χ4n) is 3.55. The van der Waals surface area contributed by atoms with Crippen molar-refractivity contribution in [1.29, 1.82) is 0 Å². The first-order chi connectivity index (χ1) is 13.5. The van der Waals surface area contributed by atoms with Gasteiger partial charge in [0.15, 0.2) is 0 Å². The molecule has 1 heterocycles. The predicted molar refractivity (Wildman–Crippen MR) is 105 cm³/mol. The number of likely N-dealkylation sites (tertiary alicyclic amines) is 1. The molecule has 0 saturated carbocycles. The fourth-order valence-corrected chi connectivity index (χ4v) is 3.55. The molecule has 1 aliphatic heterocycles. The van der Waals surface area contributed by atoms with Gasteiger partial charge in [-0.3, -0.25) is 4.79 Å². The Bertz CT molecular complexity index is 851. The maximum Gasteiger partial charge on any atom is 0.312 e. The molecule has 0 spiro atoms. The van der Waals surface area contributed by atoms with Crippen LogP contribution in [0.15, 0.2) is 42.5 Å². The first kappa shape index (κ1) is 19.5. The molecule has 0 unspecified atom stereocenters. The molecule has 3 amide bonds. The number of nitrogens with one attached hydrogen (secondary N) is 1. The zero-order valence-electron chi connectivity index (χ0n) is 16.1. The van der Waals surface area contributed by atoms with Gasteiger partial charge in [0.1, 0.15) is 11.5 Å². The fraction of sp³-hybridized carbons (Fsp3) is 0.333. The number of benzene rings is 2. The van der Waals surface area contributed by atoms with Crippen molar-refractivity contribution in [3.63, 3.8) is 0 Å². The molecule has 0 aromatic heterocycles. The van der Waals surface area contributed by atoms with Gasteiger partial charge in [-0.15, -0.1) is 0 Å². The monoisotopic (exact) mass is 383 g/mol. The average Bonchev–Trinajstić information content (AvgIpc) is 3.21. The Morgan fingerprint density at radius 1 is 1.14 bits per heavy atom. The lowest BCUT2D eigenvalue weighted by atomic mass is 10.0. The Labute approximate surface area is 164 Å². The molecule has 2 aromatic rings. The van der Waals surface area contributed by atoms with Crippen LogP contribution in [0.5, 0.6) is 11.5 Å². The average molecular weight is 383 g/mol. The Morgan fingerprint density at radius 3 is 2.54 bits per heavy atom. The molecular formula is C21H25N3O4. The number of methoxy groups -OCH3 is 2. The molecule has 1 atom stereocenters. The van der Waals surface area contributed by atoms with Crippen molar-refractivity contribution in [2.75, 3.05) is 20.8 Å². The molecule has 28 heavy (non-hydrogen) atoms. The first-order valence-electron chi connectivity index (χ1n) is 9.18. The number of amides is 3. The number of carbonyl (C=O) groups excluding carboxylic acids is 2. The third-order valence-electron chi connectivity index (χ3n) is 4.98. The van der Waals surface area contributed by atoms with E-state index in [1.807, 2.05) is 35.2 Å². The summed E-state index contributed by atoms with van der Waals surface area (Å²) in [4.78, 5) is 25.8. The lowest BCUT2D eigenvalue weighted by Gasteiger charge is -2.27. The predicted octanol–water partition coefficient (Wildman–Crippen LogP) is 2.85. The van der Waals surface area contributed by atoms with Gasteiger partial charge in [-0.05, 0) is 48.7 Å². The summed E-state index contributed by atoms with van der Waals surface area (Å²) >= 11 is 0. The molecule has 7 nitrogen and oxygen atoms in total. The molecule has 1 aliphatic rings. The van der Waals surface area contributed by atoms with Gasteiger partial charge in [0, 0.05) is 24.2 Å². The summed E-state index contributed by atoms with van der Waals surface area (Å²) in [5.41, 5.74) is 7.53. The van der Waals surface area contributed by atoms with Crippen LogP contribution < -0.4 is 20.5 Å². The highest BCUT2D eigenvalue weighted by molar-refractivity contribution is 5.94. The normalized spacial score (nSPS) is 15.9. The Balaban J connectivity index is 1.81. The van der Waals surface area contributed by atoms with Crippen LogP contribution in [0.2, 0.25) is 0 Å². The quantitative estimate of drug-likeness (QED) is 0.802. The van der Waals surface area contributed by atoms with Crippen LogP contribution in [0.4, 0.5) is 4.79 Å². The van der Waals surface area contributed by atoms with Gasteiger partial charge < -0.3 is 25.4 Å². The number of rotatable bonds is 6. The minimum atomic E-state index is -0.577. The number of primary amides is 1. The first-order valence-corrected chi connectivity index (χ1v) is 9.18. The molecule has 3 rings (SSSR count). The molecule has 2 aromatic carbocycles. The van der Waals surface area contributed by atoms with Crippen LogP contribution in [0, 0.1) is 0 Å². The summed E-state index contributed by atoms with van der Waals surface area (Å²) < 4.78 is 10.9. The number of urea groups is 1. The molecule has 0 radical (unpaired) electrons. The van der Waals surface area contributed by atoms with Crippen LogP contribution in [-0.4, -0.2) is 37.6 Å². The number of carbonyl (C=O) groups is 2. The Kier molecular flexibility index (Phi) is 6.03. The molecule has 148 valence electrons. The van der Waals surface area contributed by atoms with Crippen molar-refractivity contribution < 1.29 is 19.1 Å². The maximum absolute atomic E-state index is 13.1. The zero-order chi connectivity index (χ0) is 20.1. The number of nitrogens with zero attached hydrogens (tertiary/aromatic N) is 1. The van der Waals surface area contributed by atoms with Gasteiger partial charge in [-0.2, -0.15) is 0 Å². The highest BCUT2D eigenvalue weighted by Gasteiger charge is 2.32. The number of ether oxygens (including phenoxy) is 2. The molecule has 3 N–H and O–H groups in total. The lowest BCUT2D eigenvalue weighted by molar-refractivity contribution is 0.0734. The van der Waals surface area contributed by atoms with Crippen molar-refractivity contribution in [2.24, 2.45) is 5.73 Å². The van der Waals surface area contributed by atoms with Crippen molar-refractivity contribution in [3.8, 4) is 11.5 Å². The number of hydrogen-bond donors (Lipinski definition) is 2. The van der Waals surface area contributed by atoms with Gasteiger partial charge in [-0.1, -0.05) is 12.1 Å². The summed E-state index contributed by atoms with van der Waals surface area (Å²) in [6.07, 6.45) is 1.80. The second-order valence-corrected chi connectivity index (χ2v) is 6.68. The van der Waals surface area contributed by atoms with Crippen LogP contribution in [-0.2, 0) is 6.54 Å². The molecule has 7 heteroatoms. The SMILES string of the molecule is COc1ccc(OC)c([C@H]2CCCN2C(=O)c2ccc(CNC(N)=O)cc2)c1. The Morgan fingerprint density at radius 2 is 1.89 bits per heavy atom. The largest absolute Gasteiger partial charge is 0.497 e. The van der Waals surface area contributed by atoms with Crippen molar-refractivity contribution in [1.82, 2.24) is 10.2 Å². The summed E-state index contributed by atoms with van der Waals surface area (Å²) in [6.45, 7) is 1.02.